The Bertz CT molecular complexity index is 244. The average Bonchev–Trinajstić information content (AvgIpc) is 2.19. The van der Waals surface area contributed by atoms with Crippen molar-refractivity contribution in [2.45, 2.75) is 45.4 Å². The molecule has 0 nitrogen and oxygen atoms in total. The molecule has 0 aliphatic heterocycles. The fourth-order valence-electron chi connectivity index (χ4n) is 1.94. The number of benzene rings is 1. The van der Waals surface area contributed by atoms with Gasteiger partial charge in [0.1, 0.15) is 0 Å². The molecule has 1 aromatic carbocycles. The topological polar surface area (TPSA) is 0 Å². The van der Waals surface area contributed by atoms with Crippen LogP contribution in [0.25, 0.3) is 0 Å². The molecule has 0 atom stereocenters. The van der Waals surface area contributed by atoms with E-state index in [0.717, 1.165) is 5.92 Å². The fraction of sp³-hybridized carbons (Fsp3) is 0.538. The second-order valence-corrected chi connectivity index (χ2v) is 5.84. The summed E-state index contributed by atoms with van der Waals surface area (Å²) in [4.78, 5) is 0. The van der Waals surface area contributed by atoms with Gasteiger partial charge >= 0.3 is 102 Å². The van der Waals surface area contributed by atoms with Crippen LogP contribution >= 0.6 is 0 Å². The van der Waals surface area contributed by atoms with Crippen LogP contribution in [0.1, 0.15) is 51.0 Å². The van der Waals surface area contributed by atoms with Crippen molar-refractivity contribution in [2.24, 2.45) is 0 Å². The van der Waals surface area contributed by atoms with Crippen LogP contribution in [0, 0.1) is 0 Å². The zero-order valence-electron chi connectivity index (χ0n) is 9.29. The number of rotatable bonds is 5. The molecule has 0 saturated carbocycles. The number of hydrogen-bond acceptors (Lipinski definition) is 0. The fourth-order valence-corrected chi connectivity index (χ4v) is 2.49. The van der Waals surface area contributed by atoms with Gasteiger partial charge in [0, 0.05) is 0 Å². The van der Waals surface area contributed by atoms with E-state index in [2.05, 4.69) is 38.1 Å². The van der Waals surface area contributed by atoms with Crippen LogP contribution in [0.15, 0.2) is 24.3 Å². The minimum absolute atomic E-state index is 0.797. The minimum atomic E-state index is 0.797. The Balaban J connectivity index is 2.71. The molecule has 0 unspecified atom stereocenters. The second kappa shape index (κ2) is 6.51. The quantitative estimate of drug-likeness (QED) is 0.733. The first kappa shape index (κ1) is 12.1. The molecule has 0 fully saturated rings. The van der Waals surface area contributed by atoms with Crippen LogP contribution in [0.4, 0.5) is 0 Å². The van der Waals surface area contributed by atoms with E-state index >= 15 is 0 Å². The normalized spacial score (nSPS) is 10.9. The molecule has 0 spiro atoms. The molecular weight excluding hydrogens is 278 g/mol. The van der Waals surface area contributed by atoms with Crippen molar-refractivity contribution in [3.8, 4) is 0 Å². The Morgan fingerprint density at radius 1 is 1.00 bits per heavy atom. The first-order valence-corrected chi connectivity index (χ1v) is 7.28. The summed E-state index contributed by atoms with van der Waals surface area (Å²) in [5, 5.41) is 0. The molecule has 0 bridgehead atoms. The summed E-state index contributed by atoms with van der Waals surface area (Å²) in [6.07, 6.45) is 5.28. The molecule has 1 rings (SSSR count). The molecule has 0 heterocycles. The second-order valence-electron chi connectivity index (χ2n) is 3.94. The summed E-state index contributed by atoms with van der Waals surface area (Å²) in [6.45, 7) is 4.56. The molecule has 1 heteroatoms. The van der Waals surface area contributed by atoms with E-state index in [0.29, 0.717) is 0 Å². The van der Waals surface area contributed by atoms with Crippen LogP contribution in [-0.2, 0) is 0 Å². The molecule has 0 aromatic heterocycles. The molecule has 78 valence electrons. The standard InChI is InChI=1S/C13H19.Sb.2H/c1-3-8-12(9-4-2)13-10-6-5-7-11-13;;;/h6-7,10-12H,3-4,8-9H2,1-2H3;;;. The molecule has 0 N–H and O–H groups in total. The van der Waals surface area contributed by atoms with Gasteiger partial charge in [0.25, 0.3) is 0 Å². The van der Waals surface area contributed by atoms with Crippen molar-refractivity contribution in [1.29, 1.82) is 0 Å². The third-order valence-corrected chi connectivity index (χ3v) is 3.78. The molecule has 14 heavy (non-hydrogen) atoms. The van der Waals surface area contributed by atoms with E-state index in [9.17, 15) is 0 Å². The van der Waals surface area contributed by atoms with Crippen molar-refractivity contribution in [3.05, 3.63) is 29.8 Å². The predicted molar refractivity (Wildman–Crippen MR) is 67.2 cm³/mol. The van der Waals surface area contributed by atoms with Crippen LogP contribution in [-0.4, -0.2) is 23.0 Å². The Morgan fingerprint density at radius 3 is 1.93 bits per heavy atom. The van der Waals surface area contributed by atoms with Gasteiger partial charge in [-0.05, 0) is 0 Å². The van der Waals surface area contributed by atoms with Crippen molar-refractivity contribution in [2.75, 3.05) is 0 Å². The monoisotopic (exact) mass is 298 g/mol. The van der Waals surface area contributed by atoms with Crippen molar-refractivity contribution >= 4 is 26.5 Å². The molecule has 0 radical (unpaired) electrons. The van der Waals surface area contributed by atoms with E-state index in [1.807, 2.05) is 0 Å². The summed E-state index contributed by atoms with van der Waals surface area (Å²) in [7, 11) is 0. The van der Waals surface area contributed by atoms with Gasteiger partial charge in [-0.3, -0.25) is 0 Å². The predicted octanol–water partition coefficient (Wildman–Crippen LogP) is 2.63. The van der Waals surface area contributed by atoms with E-state index in [-0.39, 0.29) is 0 Å². The Labute approximate surface area is 102 Å². The van der Waals surface area contributed by atoms with Crippen molar-refractivity contribution < 1.29 is 0 Å². The van der Waals surface area contributed by atoms with Gasteiger partial charge in [-0.15, -0.1) is 0 Å². The van der Waals surface area contributed by atoms with Crippen LogP contribution < -0.4 is 3.51 Å². The number of hydrogen-bond donors (Lipinski definition) is 0. The summed E-state index contributed by atoms with van der Waals surface area (Å²) >= 11 is 1.24. The van der Waals surface area contributed by atoms with E-state index in [4.69, 9.17) is 0 Å². The van der Waals surface area contributed by atoms with Gasteiger partial charge in [0.2, 0.25) is 0 Å². The van der Waals surface area contributed by atoms with Gasteiger partial charge in [0.05, 0.1) is 0 Å². The summed E-state index contributed by atoms with van der Waals surface area (Å²) in [5.41, 5.74) is 1.55. The van der Waals surface area contributed by atoms with Gasteiger partial charge in [-0.25, -0.2) is 0 Å². The maximum atomic E-state index is 2.33. The van der Waals surface area contributed by atoms with Crippen LogP contribution in [0.3, 0.4) is 0 Å². The summed E-state index contributed by atoms with van der Waals surface area (Å²) in [6, 6.07) is 9.23. The van der Waals surface area contributed by atoms with Crippen molar-refractivity contribution in [1.82, 2.24) is 0 Å². The van der Waals surface area contributed by atoms with E-state index < -0.39 is 0 Å². The van der Waals surface area contributed by atoms with Crippen molar-refractivity contribution in [3.63, 3.8) is 0 Å². The molecule has 0 aliphatic carbocycles. The van der Waals surface area contributed by atoms with Gasteiger partial charge in [-0.2, -0.15) is 0 Å². The van der Waals surface area contributed by atoms with Crippen LogP contribution in [0.5, 0.6) is 0 Å². The SMILES string of the molecule is CCCC(CCC)c1cc[c]([SbH2])cc1. The van der Waals surface area contributed by atoms with Crippen LogP contribution in [0.2, 0.25) is 0 Å². The van der Waals surface area contributed by atoms with Gasteiger partial charge in [0.15, 0.2) is 0 Å². The zero-order chi connectivity index (χ0) is 10.4. The van der Waals surface area contributed by atoms with E-state index in [1.165, 1.54) is 52.2 Å². The molecule has 0 aliphatic rings. The van der Waals surface area contributed by atoms with Gasteiger partial charge < -0.3 is 0 Å². The molecule has 0 amide bonds. The average molecular weight is 299 g/mol. The Hall–Kier alpha value is 0.0382. The Morgan fingerprint density at radius 2 is 1.50 bits per heavy atom. The zero-order valence-corrected chi connectivity index (χ0v) is 12.6. The molecular formula is C13H21Sb. The van der Waals surface area contributed by atoms with Gasteiger partial charge in [-0.1, -0.05) is 0 Å². The maximum absolute atomic E-state index is 2.33. The first-order chi connectivity index (χ1) is 6.77. The third-order valence-electron chi connectivity index (χ3n) is 2.68. The molecule has 1 aromatic rings. The summed E-state index contributed by atoms with van der Waals surface area (Å²) < 4.78 is 1.49. The first-order valence-electron chi connectivity index (χ1n) is 5.63. The third kappa shape index (κ3) is 3.65. The summed E-state index contributed by atoms with van der Waals surface area (Å²) in [5.74, 6) is 0.797. The molecule has 0 saturated heterocycles. The van der Waals surface area contributed by atoms with E-state index in [1.54, 1.807) is 5.56 Å². The Kier molecular flexibility index (Phi) is 5.63.